The van der Waals surface area contributed by atoms with Gasteiger partial charge in [-0.05, 0) is 17.7 Å². The molecule has 2 aromatic rings. The van der Waals surface area contributed by atoms with Crippen LogP contribution in [0.4, 0.5) is 5.69 Å². The van der Waals surface area contributed by atoms with Gasteiger partial charge in [-0.1, -0.05) is 42.5 Å². The lowest BCUT2D eigenvalue weighted by Gasteiger charge is -2.08. The molecule has 4 nitrogen and oxygen atoms in total. The second-order valence-electron chi connectivity index (χ2n) is 3.83. The Morgan fingerprint density at radius 2 is 1.67 bits per heavy atom. The molecule has 0 radical (unpaired) electrons. The molecule has 1 amide bonds. The molecule has 0 aliphatic carbocycles. The average Bonchev–Trinajstić information content (AvgIpc) is 2.45. The number of hydrogen-bond donors (Lipinski definition) is 3. The van der Waals surface area contributed by atoms with E-state index in [1.54, 1.807) is 24.3 Å². The van der Waals surface area contributed by atoms with Gasteiger partial charge in [0.05, 0.1) is 11.3 Å². The molecule has 0 heterocycles. The van der Waals surface area contributed by atoms with Crippen LogP contribution in [-0.2, 0) is 6.54 Å². The number of anilines is 1. The van der Waals surface area contributed by atoms with Crippen LogP contribution in [0.2, 0.25) is 0 Å². The van der Waals surface area contributed by atoms with Gasteiger partial charge in [0, 0.05) is 6.54 Å². The first-order chi connectivity index (χ1) is 8.81. The molecule has 2 aromatic carbocycles. The van der Waals surface area contributed by atoms with Gasteiger partial charge in [0.15, 0.2) is 0 Å². The van der Waals surface area contributed by atoms with E-state index >= 15 is 0 Å². The van der Waals surface area contributed by atoms with Gasteiger partial charge < -0.3 is 5.32 Å². The Labute approximate surface area is 105 Å². The normalized spacial score (nSPS) is 9.83. The second-order valence-corrected chi connectivity index (χ2v) is 3.83. The summed E-state index contributed by atoms with van der Waals surface area (Å²) in [5.41, 5.74) is 3.85. The molecule has 4 heteroatoms. The Morgan fingerprint density at radius 3 is 2.39 bits per heavy atom. The van der Waals surface area contributed by atoms with E-state index in [1.807, 2.05) is 35.8 Å². The van der Waals surface area contributed by atoms with E-state index in [-0.39, 0.29) is 5.91 Å². The summed E-state index contributed by atoms with van der Waals surface area (Å²) in [5.74, 6) is -0.226. The maximum Gasteiger partial charge on any atom is 0.253 e. The van der Waals surface area contributed by atoms with Gasteiger partial charge in [-0.15, -0.1) is 0 Å². The minimum Gasteiger partial charge on any atom is -0.348 e. The molecular formula is C14H14N2O2. The summed E-state index contributed by atoms with van der Waals surface area (Å²) < 4.78 is 0. The van der Waals surface area contributed by atoms with Gasteiger partial charge in [0.25, 0.3) is 5.91 Å². The highest BCUT2D eigenvalue weighted by Gasteiger charge is 2.09. The molecule has 92 valence electrons. The number of carbonyl (C=O) groups excluding carboxylic acids is 1. The van der Waals surface area contributed by atoms with E-state index in [4.69, 9.17) is 5.21 Å². The van der Waals surface area contributed by atoms with Crippen LogP contribution in [0, 0.1) is 0 Å². The minimum absolute atomic E-state index is 0.226. The summed E-state index contributed by atoms with van der Waals surface area (Å²) in [7, 11) is 0. The van der Waals surface area contributed by atoms with E-state index in [0.29, 0.717) is 17.8 Å². The van der Waals surface area contributed by atoms with E-state index in [9.17, 15) is 4.79 Å². The van der Waals surface area contributed by atoms with Crippen molar-refractivity contribution in [3.05, 3.63) is 65.7 Å². The number of carbonyl (C=O) groups is 1. The molecule has 0 spiro atoms. The van der Waals surface area contributed by atoms with Crippen LogP contribution in [0.3, 0.4) is 0 Å². The fourth-order valence-electron chi connectivity index (χ4n) is 1.65. The fraction of sp³-hybridized carbons (Fsp3) is 0.0714. The van der Waals surface area contributed by atoms with Crippen LogP contribution < -0.4 is 10.8 Å². The van der Waals surface area contributed by atoms with Gasteiger partial charge >= 0.3 is 0 Å². The van der Waals surface area contributed by atoms with Crippen molar-refractivity contribution >= 4 is 11.6 Å². The zero-order valence-corrected chi connectivity index (χ0v) is 9.76. The molecule has 0 fully saturated rings. The number of amides is 1. The van der Waals surface area contributed by atoms with E-state index < -0.39 is 0 Å². The van der Waals surface area contributed by atoms with Crippen molar-refractivity contribution in [2.75, 3.05) is 5.48 Å². The number of para-hydroxylation sites is 1. The predicted molar refractivity (Wildman–Crippen MR) is 69.5 cm³/mol. The molecule has 18 heavy (non-hydrogen) atoms. The highest BCUT2D eigenvalue weighted by atomic mass is 16.5. The van der Waals surface area contributed by atoms with Crippen LogP contribution in [0.25, 0.3) is 0 Å². The summed E-state index contributed by atoms with van der Waals surface area (Å²) in [6.45, 7) is 0.458. The Bertz CT molecular complexity index is 526. The standard InChI is InChI=1S/C14H14N2O2/c17-14(12-8-4-5-9-13(12)16-18)15-10-11-6-2-1-3-7-11/h1-9,16,18H,10H2,(H,15,17). The Kier molecular flexibility index (Phi) is 3.94. The quantitative estimate of drug-likeness (QED) is 0.721. The monoisotopic (exact) mass is 242 g/mol. The molecule has 0 aromatic heterocycles. The summed E-state index contributed by atoms with van der Waals surface area (Å²) in [5, 5.41) is 11.7. The maximum atomic E-state index is 11.9. The molecular weight excluding hydrogens is 228 g/mol. The first-order valence-corrected chi connectivity index (χ1v) is 5.62. The lowest BCUT2D eigenvalue weighted by atomic mass is 10.1. The molecule has 0 saturated heterocycles. The topological polar surface area (TPSA) is 61.4 Å². The third-order valence-corrected chi connectivity index (χ3v) is 2.59. The smallest absolute Gasteiger partial charge is 0.253 e. The molecule has 0 unspecified atom stereocenters. The van der Waals surface area contributed by atoms with E-state index in [0.717, 1.165) is 5.56 Å². The van der Waals surface area contributed by atoms with Crippen molar-refractivity contribution in [1.29, 1.82) is 0 Å². The largest absolute Gasteiger partial charge is 0.348 e. The van der Waals surface area contributed by atoms with Crippen molar-refractivity contribution in [3.63, 3.8) is 0 Å². The maximum absolute atomic E-state index is 11.9. The van der Waals surface area contributed by atoms with Crippen molar-refractivity contribution in [3.8, 4) is 0 Å². The average molecular weight is 242 g/mol. The third kappa shape index (κ3) is 2.87. The van der Waals surface area contributed by atoms with E-state index in [1.165, 1.54) is 0 Å². The van der Waals surface area contributed by atoms with Gasteiger partial charge in [0.2, 0.25) is 0 Å². The SMILES string of the molecule is O=C(NCc1ccccc1)c1ccccc1NO. The molecule has 0 saturated carbocycles. The van der Waals surface area contributed by atoms with Gasteiger partial charge in [-0.25, -0.2) is 0 Å². The third-order valence-electron chi connectivity index (χ3n) is 2.59. The Morgan fingerprint density at radius 1 is 1.00 bits per heavy atom. The fourth-order valence-corrected chi connectivity index (χ4v) is 1.65. The summed E-state index contributed by atoms with van der Waals surface area (Å²) >= 11 is 0. The summed E-state index contributed by atoms with van der Waals surface area (Å²) in [6, 6.07) is 16.4. The molecule has 3 N–H and O–H groups in total. The van der Waals surface area contributed by atoms with Crippen LogP contribution >= 0.6 is 0 Å². The van der Waals surface area contributed by atoms with Crippen molar-refractivity contribution in [2.24, 2.45) is 0 Å². The molecule has 2 rings (SSSR count). The zero-order chi connectivity index (χ0) is 12.8. The highest BCUT2D eigenvalue weighted by Crippen LogP contribution is 2.13. The lowest BCUT2D eigenvalue weighted by Crippen LogP contribution is -2.23. The van der Waals surface area contributed by atoms with Crippen LogP contribution in [0.15, 0.2) is 54.6 Å². The Balaban J connectivity index is 2.04. The van der Waals surface area contributed by atoms with Gasteiger partial charge in [0.1, 0.15) is 0 Å². The molecule has 0 aliphatic rings. The summed E-state index contributed by atoms with van der Waals surface area (Å²) in [4.78, 5) is 11.9. The van der Waals surface area contributed by atoms with Crippen molar-refractivity contribution < 1.29 is 10.0 Å². The minimum atomic E-state index is -0.226. The first-order valence-electron chi connectivity index (χ1n) is 5.62. The highest BCUT2D eigenvalue weighted by molar-refractivity contribution is 5.99. The van der Waals surface area contributed by atoms with Crippen molar-refractivity contribution in [2.45, 2.75) is 6.54 Å². The van der Waals surface area contributed by atoms with E-state index in [2.05, 4.69) is 5.32 Å². The van der Waals surface area contributed by atoms with Crippen LogP contribution in [-0.4, -0.2) is 11.1 Å². The zero-order valence-electron chi connectivity index (χ0n) is 9.76. The number of hydrogen-bond acceptors (Lipinski definition) is 3. The number of benzene rings is 2. The second kappa shape index (κ2) is 5.84. The van der Waals surface area contributed by atoms with Crippen LogP contribution in [0.5, 0.6) is 0 Å². The number of nitrogens with one attached hydrogen (secondary N) is 2. The summed E-state index contributed by atoms with van der Waals surface area (Å²) in [6.07, 6.45) is 0. The van der Waals surface area contributed by atoms with Crippen LogP contribution in [0.1, 0.15) is 15.9 Å². The first kappa shape index (κ1) is 12.1. The van der Waals surface area contributed by atoms with Crippen molar-refractivity contribution in [1.82, 2.24) is 5.32 Å². The Hall–Kier alpha value is -2.33. The van der Waals surface area contributed by atoms with Gasteiger partial charge in [-0.3, -0.25) is 15.5 Å². The predicted octanol–water partition coefficient (Wildman–Crippen LogP) is 2.42. The van der Waals surface area contributed by atoms with Gasteiger partial charge in [-0.2, -0.15) is 0 Å². The molecule has 0 bridgehead atoms. The molecule has 0 aliphatic heterocycles. The lowest BCUT2D eigenvalue weighted by molar-refractivity contribution is 0.0951. The number of rotatable bonds is 4. The molecule has 0 atom stereocenters.